The Bertz CT molecular complexity index is 470. The van der Waals surface area contributed by atoms with E-state index in [1.807, 2.05) is 11.9 Å². The molecule has 0 aliphatic heterocycles. The van der Waals surface area contributed by atoms with Crippen LogP contribution in [0.5, 0.6) is 0 Å². The van der Waals surface area contributed by atoms with Gasteiger partial charge in [0.2, 0.25) is 0 Å². The summed E-state index contributed by atoms with van der Waals surface area (Å²) >= 11 is 0. The molecule has 90 valence electrons. The van der Waals surface area contributed by atoms with E-state index in [2.05, 4.69) is 0 Å². The van der Waals surface area contributed by atoms with E-state index in [-0.39, 0.29) is 5.56 Å². The quantitative estimate of drug-likeness (QED) is 0.793. The number of nitriles is 1. The first-order valence-electron chi connectivity index (χ1n) is 5.27. The van der Waals surface area contributed by atoms with E-state index in [1.54, 1.807) is 6.07 Å². The normalized spacial score (nSPS) is 15.5. The monoisotopic (exact) mass is 240 g/mol. The minimum atomic E-state index is -4.47. The van der Waals surface area contributed by atoms with E-state index in [0.717, 1.165) is 18.9 Å². The number of benzene rings is 1. The van der Waals surface area contributed by atoms with Crippen LogP contribution in [0.25, 0.3) is 0 Å². The average Bonchev–Trinajstić information content (AvgIpc) is 3.09. The van der Waals surface area contributed by atoms with Gasteiger partial charge in [0, 0.05) is 18.8 Å². The van der Waals surface area contributed by atoms with Crippen molar-refractivity contribution in [3.05, 3.63) is 29.3 Å². The maximum Gasteiger partial charge on any atom is 0.417 e. The fourth-order valence-electron chi connectivity index (χ4n) is 1.76. The lowest BCUT2D eigenvalue weighted by molar-refractivity contribution is -0.137. The minimum Gasteiger partial charge on any atom is -0.372 e. The Morgan fingerprint density at radius 3 is 2.47 bits per heavy atom. The molecule has 5 heteroatoms. The van der Waals surface area contributed by atoms with Gasteiger partial charge in [0.15, 0.2) is 0 Å². The lowest BCUT2D eigenvalue weighted by atomic mass is 10.1. The third kappa shape index (κ3) is 2.36. The Balaban J connectivity index is 2.38. The molecule has 1 aliphatic rings. The summed E-state index contributed by atoms with van der Waals surface area (Å²) in [5.74, 6) is 0. The highest BCUT2D eigenvalue weighted by Crippen LogP contribution is 2.35. The Morgan fingerprint density at radius 1 is 1.35 bits per heavy atom. The molecule has 0 aromatic heterocycles. The summed E-state index contributed by atoms with van der Waals surface area (Å²) in [6, 6.07) is 5.72. The Labute approximate surface area is 97.3 Å². The number of halogens is 3. The number of rotatable bonds is 2. The zero-order valence-electron chi connectivity index (χ0n) is 9.25. The van der Waals surface area contributed by atoms with E-state index in [1.165, 1.54) is 12.1 Å². The van der Waals surface area contributed by atoms with Gasteiger partial charge in [0.1, 0.15) is 0 Å². The highest BCUT2D eigenvalue weighted by Gasteiger charge is 2.34. The zero-order valence-corrected chi connectivity index (χ0v) is 9.25. The molecule has 17 heavy (non-hydrogen) atoms. The molecule has 2 rings (SSSR count). The first-order chi connectivity index (χ1) is 7.93. The van der Waals surface area contributed by atoms with Crippen LogP contribution in [0.2, 0.25) is 0 Å². The molecule has 1 aliphatic carbocycles. The molecule has 2 nitrogen and oxygen atoms in total. The topological polar surface area (TPSA) is 27.0 Å². The molecule has 0 saturated heterocycles. The summed E-state index contributed by atoms with van der Waals surface area (Å²) in [6.07, 6.45) is -2.36. The highest BCUT2D eigenvalue weighted by atomic mass is 19.4. The van der Waals surface area contributed by atoms with Crippen molar-refractivity contribution in [1.82, 2.24) is 0 Å². The number of alkyl halides is 3. The second-order valence-electron chi connectivity index (χ2n) is 4.18. The predicted molar refractivity (Wildman–Crippen MR) is 57.6 cm³/mol. The fraction of sp³-hybridized carbons (Fsp3) is 0.417. The smallest absolute Gasteiger partial charge is 0.372 e. The van der Waals surface area contributed by atoms with Crippen LogP contribution in [-0.2, 0) is 6.18 Å². The highest BCUT2D eigenvalue weighted by molar-refractivity contribution is 5.56. The second-order valence-corrected chi connectivity index (χ2v) is 4.18. The van der Waals surface area contributed by atoms with Gasteiger partial charge in [0.05, 0.1) is 17.2 Å². The van der Waals surface area contributed by atoms with Crippen LogP contribution in [0.15, 0.2) is 18.2 Å². The maximum atomic E-state index is 12.6. The summed E-state index contributed by atoms with van der Waals surface area (Å²) in [4.78, 5) is 1.92. The van der Waals surface area contributed by atoms with Crippen LogP contribution in [0.4, 0.5) is 18.9 Å². The van der Waals surface area contributed by atoms with Gasteiger partial charge < -0.3 is 4.90 Å². The Morgan fingerprint density at radius 2 is 2.00 bits per heavy atom. The van der Waals surface area contributed by atoms with Crippen molar-refractivity contribution < 1.29 is 13.2 Å². The van der Waals surface area contributed by atoms with Crippen LogP contribution in [0.1, 0.15) is 24.0 Å². The molecule has 1 saturated carbocycles. The third-order valence-electron chi connectivity index (χ3n) is 2.93. The van der Waals surface area contributed by atoms with E-state index in [9.17, 15) is 13.2 Å². The number of anilines is 1. The largest absolute Gasteiger partial charge is 0.417 e. The van der Waals surface area contributed by atoms with Crippen LogP contribution >= 0.6 is 0 Å². The zero-order chi connectivity index (χ0) is 12.6. The molecule has 1 fully saturated rings. The van der Waals surface area contributed by atoms with E-state index < -0.39 is 11.7 Å². The van der Waals surface area contributed by atoms with Crippen LogP contribution < -0.4 is 4.90 Å². The lowest BCUT2D eigenvalue weighted by Gasteiger charge is -2.20. The Hall–Kier alpha value is -1.70. The van der Waals surface area contributed by atoms with Crippen molar-refractivity contribution in [3.8, 4) is 6.07 Å². The van der Waals surface area contributed by atoms with E-state index in [0.29, 0.717) is 11.7 Å². The molecule has 0 amide bonds. The molecule has 0 radical (unpaired) electrons. The molecule has 0 bridgehead atoms. The van der Waals surface area contributed by atoms with Gasteiger partial charge in [-0.05, 0) is 31.0 Å². The fourth-order valence-corrected chi connectivity index (χ4v) is 1.76. The van der Waals surface area contributed by atoms with Crippen molar-refractivity contribution in [2.45, 2.75) is 25.1 Å². The van der Waals surface area contributed by atoms with Crippen LogP contribution in [0.3, 0.4) is 0 Å². The SMILES string of the molecule is CN(c1ccc(C(F)(F)F)c(C#N)c1)C1CC1. The summed E-state index contributed by atoms with van der Waals surface area (Å²) < 4.78 is 37.7. The summed E-state index contributed by atoms with van der Waals surface area (Å²) in [6.45, 7) is 0. The number of nitrogens with zero attached hydrogens (tertiary/aromatic N) is 2. The van der Waals surface area contributed by atoms with Crippen molar-refractivity contribution in [2.24, 2.45) is 0 Å². The van der Waals surface area contributed by atoms with Gasteiger partial charge in [0.25, 0.3) is 0 Å². The molecule has 1 aromatic rings. The van der Waals surface area contributed by atoms with Gasteiger partial charge in [-0.1, -0.05) is 0 Å². The van der Waals surface area contributed by atoms with E-state index >= 15 is 0 Å². The average molecular weight is 240 g/mol. The van der Waals surface area contributed by atoms with Gasteiger partial charge in [-0.3, -0.25) is 0 Å². The first kappa shape index (κ1) is 11.8. The summed E-state index contributed by atoms with van der Waals surface area (Å²) in [5.41, 5.74) is -0.521. The standard InChI is InChI=1S/C12H11F3N2/c1-17(9-2-3-9)10-4-5-11(12(13,14)15)8(6-10)7-16/h4-6,9H,2-3H2,1H3. The lowest BCUT2D eigenvalue weighted by Crippen LogP contribution is -2.20. The molecule has 0 N–H and O–H groups in total. The number of hydrogen-bond donors (Lipinski definition) is 0. The third-order valence-corrected chi connectivity index (χ3v) is 2.93. The van der Waals surface area contributed by atoms with Crippen LogP contribution in [-0.4, -0.2) is 13.1 Å². The van der Waals surface area contributed by atoms with Gasteiger partial charge in [-0.25, -0.2) is 0 Å². The molecule has 0 spiro atoms. The molecule has 0 heterocycles. The minimum absolute atomic E-state index is 0.317. The molecular formula is C12H11F3N2. The van der Waals surface area contributed by atoms with Gasteiger partial charge >= 0.3 is 6.18 Å². The molecule has 0 atom stereocenters. The maximum absolute atomic E-state index is 12.6. The second kappa shape index (κ2) is 3.95. The van der Waals surface area contributed by atoms with Crippen LogP contribution in [0, 0.1) is 11.3 Å². The molecular weight excluding hydrogens is 229 g/mol. The van der Waals surface area contributed by atoms with Gasteiger partial charge in [-0.2, -0.15) is 18.4 Å². The van der Waals surface area contributed by atoms with Crippen molar-refractivity contribution in [1.29, 1.82) is 5.26 Å². The van der Waals surface area contributed by atoms with Crippen molar-refractivity contribution in [3.63, 3.8) is 0 Å². The van der Waals surface area contributed by atoms with Crippen molar-refractivity contribution >= 4 is 5.69 Å². The summed E-state index contributed by atoms with van der Waals surface area (Å²) in [7, 11) is 1.83. The van der Waals surface area contributed by atoms with Crippen molar-refractivity contribution in [2.75, 3.05) is 11.9 Å². The summed E-state index contributed by atoms with van der Waals surface area (Å²) in [5, 5.41) is 8.77. The first-order valence-corrected chi connectivity index (χ1v) is 5.27. The predicted octanol–water partition coefficient (Wildman–Crippen LogP) is 3.18. The number of hydrogen-bond acceptors (Lipinski definition) is 2. The molecule has 1 aromatic carbocycles. The Kier molecular flexibility index (Phi) is 2.74. The molecule has 0 unspecified atom stereocenters. The van der Waals surface area contributed by atoms with Gasteiger partial charge in [-0.15, -0.1) is 0 Å². The van der Waals surface area contributed by atoms with E-state index in [4.69, 9.17) is 5.26 Å².